The number of carbonyl (C=O) groups excluding carboxylic acids is 2. The molecule has 0 saturated carbocycles. The van der Waals surface area contributed by atoms with Gasteiger partial charge in [0.2, 0.25) is 5.91 Å². The number of hydrogen-bond acceptors (Lipinski definition) is 4. The van der Waals surface area contributed by atoms with Crippen molar-refractivity contribution in [2.45, 2.75) is 44.2 Å². The minimum atomic E-state index is -5.11. The first kappa shape index (κ1) is 32.6. The molecule has 226 valence electrons. The van der Waals surface area contributed by atoms with E-state index in [0.717, 1.165) is 4.90 Å². The highest BCUT2D eigenvalue weighted by Gasteiger charge is 2.38. The van der Waals surface area contributed by atoms with Crippen LogP contribution in [0, 0.1) is 0 Å². The van der Waals surface area contributed by atoms with Gasteiger partial charge in [0.1, 0.15) is 0 Å². The monoisotopic (exact) mass is 616 g/mol. The third kappa shape index (κ3) is 8.78. The normalized spacial score (nSPS) is 12.5. The van der Waals surface area contributed by atoms with Crippen molar-refractivity contribution in [1.82, 2.24) is 10.2 Å². The van der Waals surface area contributed by atoms with Crippen LogP contribution >= 0.6 is 11.6 Å². The summed E-state index contributed by atoms with van der Waals surface area (Å²) in [4.78, 5) is 27.0. The minimum Gasteiger partial charge on any atom is -0.504 e. The summed E-state index contributed by atoms with van der Waals surface area (Å²) in [6, 6.07) is 11.0. The first-order valence-corrected chi connectivity index (χ1v) is 12.9. The molecule has 2 N–H and O–H groups in total. The zero-order chi connectivity index (χ0) is 31.2. The van der Waals surface area contributed by atoms with Crippen LogP contribution in [0.15, 0.2) is 60.7 Å². The molecular formula is C29H27ClF6N2O4. The van der Waals surface area contributed by atoms with Gasteiger partial charge in [-0.05, 0) is 66.4 Å². The average molecular weight is 617 g/mol. The summed E-state index contributed by atoms with van der Waals surface area (Å²) in [6.45, 7) is 0.0938. The second-order valence-corrected chi connectivity index (χ2v) is 9.95. The largest absolute Gasteiger partial charge is 0.504 e. The topological polar surface area (TPSA) is 78.9 Å². The molecule has 0 radical (unpaired) electrons. The fraction of sp³-hybridized carbons (Fsp3) is 0.310. The predicted molar refractivity (Wildman–Crippen MR) is 143 cm³/mol. The third-order valence-corrected chi connectivity index (χ3v) is 6.78. The SMILES string of the molecule is COc1cc(CNC(=O)CCC(Cc2ccc(Cl)cc2)N(C)C(=O)c2cc(C(F)(F)F)cc(C(F)(F)F)c2)ccc1O. The van der Waals surface area contributed by atoms with Crippen LogP contribution in [-0.2, 0) is 30.1 Å². The quantitative estimate of drug-likeness (QED) is 0.244. The van der Waals surface area contributed by atoms with Gasteiger partial charge >= 0.3 is 12.4 Å². The third-order valence-electron chi connectivity index (χ3n) is 6.53. The Labute approximate surface area is 242 Å². The van der Waals surface area contributed by atoms with Gasteiger partial charge < -0.3 is 20.1 Å². The summed E-state index contributed by atoms with van der Waals surface area (Å²) in [6.07, 6.45) is -10.1. The smallest absolute Gasteiger partial charge is 0.416 e. The maximum Gasteiger partial charge on any atom is 0.416 e. The Morgan fingerprint density at radius 3 is 2.05 bits per heavy atom. The summed E-state index contributed by atoms with van der Waals surface area (Å²) in [5.41, 5.74) is -2.68. The van der Waals surface area contributed by atoms with Crippen molar-refractivity contribution in [3.63, 3.8) is 0 Å². The molecule has 0 spiro atoms. The van der Waals surface area contributed by atoms with Crippen molar-refractivity contribution in [2.24, 2.45) is 0 Å². The van der Waals surface area contributed by atoms with Gasteiger partial charge in [0.05, 0.1) is 18.2 Å². The number of halogens is 7. The zero-order valence-electron chi connectivity index (χ0n) is 22.4. The molecule has 0 bridgehead atoms. The van der Waals surface area contributed by atoms with Crippen LogP contribution < -0.4 is 10.1 Å². The first-order valence-electron chi connectivity index (χ1n) is 12.5. The molecule has 2 amide bonds. The number of benzene rings is 3. The van der Waals surface area contributed by atoms with Crippen molar-refractivity contribution in [1.29, 1.82) is 0 Å². The Kier molecular flexibility index (Phi) is 10.4. The van der Waals surface area contributed by atoms with E-state index in [4.69, 9.17) is 16.3 Å². The van der Waals surface area contributed by atoms with Crippen LogP contribution in [0.1, 0.15) is 45.5 Å². The fourth-order valence-electron chi connectivity index (χ4n) is 4.19. The maximum absolute atomic E-state index is 13.4. The molecule has 1 atom stereocenters. The van der Waals surface area contributed by atoms with E-state index in [1.54, 1.807) is 30.3 Å². The second kappa shape index (κ2) is 13.4. The fourth-order valence-corrected chi connectivity index (χ4v) is 4.32. The lowest BCUT2D eigenvalue weighted by atomic mass is 9.98. The number of alkyl halides is 6. The van der Waals surface area contributed by atoms with Gasteiger partial charge in [-0.3, -0.25) is 9.59 Å². The minimum absolute atomic E-state index is 0.0423. The van der Waals surface area contributed by atoms with Crippen molar-refractivity contribution in [3.05, 3.63) is 93.5 Å². The molecule has 0 saturated heterocycles. The molecule has 42 heavy (non-hydrogen) atoms. The van der Waals surface area contributed by atoms with Crippen LogP contribution in [0.3, 0.4) is 0 Å². The molecule has 3 aromatic carbocycles. The number of ether oxygens (including phenoxy) is 1. The number of rotatable bonds is 10. The highest BCUT2D eigenvalue weighted by Crippen LogP contribution is 2.37. The lowest BCUT2D eigenvalue weighted by molar-refractivity contribution is -0.143. The van der Waals surface area contributed by atoms with Crippen LogP contribution in [0.5, 0.6) is 11.5 Å². The van der Waals surface area contributed by atoms with Gasteiger partial charge in [-0.1, -0.05) is 29.8 Å². The molecule has 6 nitrogen and oxygen atoms in total. The molecule has 0 aliphatic rings. The Balaban J connectivity index is 1.82. The van der Waals surface area contributed by atoms with Gasteiger partial charge in [-0.2, -0.15) is 26.3 Å². The number of carbonyl (C=O) groups is 2. The molecular weight excluding hydrogens is 590 g/mol. The number of hydrogen-bond donors (Lipinski definition) is 2. The summed E-state index contributed by atoms with van der Waals surface area (Å²) in [5, 5.41) is 12.9. The Morgan fingerprint density at radius 1 is 0.929 bits per heavy atom. The van der Waals surface area contributed by atoms with Crippen molar-refractivity contribution in [3.8, 4) is 11.5 Å². The summed E-state index contributed by atoms with van der Waals surface area (Å²) >= 11 is 5.94. The van der Waals surface area contributed by atoms with Crippen molar-refractivity contribution in [2.75, 3.05) is 14.2 Å². The molecule has 3 aromatic rings. The van der Waals surface area contributed by atoms with E-state index in [2.05, 4.69) is 5.32 Å². The highest BCUT2D eigenvalue weighted by atomic mass is 35.5. The lowest BCUT2D eigenvalue weighted by Gasteiger charge is -2.29. The van der Waals surface area contributed by atoms with Gasteiger partial charge in [-0.25, -0.2) is 0 Å². The predicted octanol–water partition coefficient (Wildman–Crippen LogP) is 6.87. The van der Waals surface area contributed by atoms with E-state index >= 15 is 0 Å². The number of phenolic OH excluding ortho intramolecular Hbond substituents is 1. The number of amides is 2. The number of phenols is 1. The molecule has 0 fully saturated rings. The number of aromatic hydroxyl groups is 1. The van der Waals surface area contributed by atoms with Crippen LogP contribution in [0.25, 0.3) is 0 Å². The summed E-state index contributed by atoms with van der Waals surface area (Å²) in [5.74, 6) is -1.34. The van der Waals surface area contributed by atoms with E-state index in [-0.39, 0.29) is 43.4 Å². The maximum atomic E-state index is 13.4. The molecule has 0 heterocycles. The van der Waals surface area contributed by atoms with Crippen LogP contribution in [0.2, 0.25) is 5.02 Å². The van der Waals surface area contributed by atoms with Crippen LogP contribution in [0.4, 0.5) is 26.3 Å². The summed E-state index contributed by atoms with van der Waals surface area (Å²) < 4.78 is 85.3. The van der Waals surface area contributed by atoms with Crippen LogP contribution in [-0.4, -0.2) is 42.0 Å². The number of nitrogens with zero attached hydrogens (tertiary/aromatic N) is 1. The van der Waals surface area contributed by atoms with Gasteiger partial charge in [-0.15, -0.1) is 0 Å². The first-order chi connectivity index (χ1) is 19.6. The second-order valence-electron chi connectivity index (χ2n) is 9.52. The molecule has 0 aromatic heterocycles. The van der Waals surface area contributed by atoms with Gasteiger partial charge in [0.25, 0.3) is 5.91 Å². The Morgan fingerprint density at radius 2 is 1.50 bits per heavy atom. The number of likely N-dealkylation sites (N-methyl/N-ethyl adjacent to an activating group) is 1. The van der Waals surface area contributed by atoms with Gasteiger partial charge in [0, 0.05) is 36.6 Å². The lowest BCUT2D eigenvalue weighted by Crippen LogP contribution is -2.39. The van der Waals surface area contributed by atoms with Crippen molar-refractivity contribution < 1.29 is 45.8 Å². The van der Waals surface area contributed by atoms with E-state index in [0.29, 0.717) is 28.3 Å². The highest BCUT2D eigenvalue weighted by molar-refractivity contribution is 6.30. The number of methoxy groups -OCH3 is 1. The molecule has 3 rings (SSSR count). The van der Waals surface area contributed by atoms with E-state index in [9.17, 15) is 41.0 Å². The average Bonchev–Trinajstić information content (AvgIpc) is 2.93. The number of nitrogens with one attached hydrogen (secondary N) is 1. The van der Waals surface area contributed by atoms with Crippen molar-refractivity contribution >= 4 is 23.4 Å². The van der Waals surface area contributed by atoms with Gasteiger partial charge in [0.15, 0.2) is 11.5 Å². The zero-order valence-corrected chi connectivity index (χ0v) is 23.2. The standard InChI is InChI=1S/C29H27ClF6N2O4/c1-38(27(41)19-13-20(28(31,32)33)15-21(14-19)29(34,35)36)23(11-17-3-6-22(30)7-4-17)8-10-26(40)37-16-18-5-9-24(39)25(12-18)42-2/h3-7,9,12-15,23,39H,8,10-11,16H2,1-2H3,(H,37,40). The molecule has 0 aliphatic carbocycles. The summed E-state index contributed by atoms with van der Waals surface area (Å²) in [7, 11) is 2.64. The Bertz CT molecular complexity index is 1380. The molecule has 0 aliphatic heterocycles. The Hall–Kier alpha value is -3.93. The van der Waals surface area contributed by atoms with E-state index < -0.39 is 46.9 Å². The van der Waals surface area contributed by atoms with E-state index in [1.807, 2.05) is 0 Å². The van der Waals surface area contributed by atoms with E-state index in [1.165, 1.54) is 26.3 Å². The molecule has 1 unspecified atom stereocenters. The molecule has 13 heteroatoms.